The van der Waals surface area contributed by atoms with Crippen molar-refractivity contribution in [2.24, 2.45) is 0 Å². The van der Waals surface area contributed by atoms with Crippen LogP contribution in [0.2, 0.25) is 0 Å². The van der Waals surface area contributed by atoms with Crippen molar-refractivity contribution in [2.45, 2.75) is 31.8 Å². The largest absolute Gasteiger partial charge is 0.356 e. The summed E-state index contributed by atoms with van der Waals surface area (Å²) in [5.41, 5.74) is 1.75. The summed E-state index contributed by atoms with van der Waals surface area (Å²) >= 11 is 1.56. The minimum atomic E-state index is 0.502. The van der Waals surface area contributed by atoms with Crippen LogP contribution in [0.5, 0.6) is 0 Å². The highest BCUT2D eigenvalue weighted by molar-refractivity contribution is 7.13. The van der Waals surface area contributed by atoms with Gasteiger partial charge in [-0.25, -0.2) is 0 Å². The molecule has 13 heavy (non-hydrogen) atoms. The van der Waals surface area contributed by atoms with Crippen molar-refractivity contribution in [2.75, 3.05) is 11.9 Å². The number of aromatic nitrogens is 2. The third kappa shape index (κ3) is 2.16. The van der Waals surface area contributed by atoms with Gasteiger partial charge in [0.05, 0.1) is 0 Å². The molecule has 1 aromatic heterocycles. The third-order valence-corrected chi connectivity index (χ3v) is 3.05. The molecule has 0 bridgehead atoms. The molecule has 1 saturated heterocycles. The molecule has 0 amide bonds. The summed E-state index contributed by atoms with van der Waals surface area (Å²) in [6, 6.07) is 1.03. The molecule has 72 valence electrons. The number of hydrogen-bond acceptors (Lipinski definition) is 5. The lowest BCUT2D eigenvalue weighted by Gasteiger charge is -2.30. The van der Waals surface area contributed by atoms with Gasteiger partial charge in [-0.3, -0.25) is 0 Å². The van der Waals surface area contributed by atoms with Gasteiger partial charge in [-0.05, 0) is 26.3 Å². The number of hydrogen-bond donors (Lipinski definition) is 2. The number of piperidine rings is 1. The predicted molar refractivity (Wildman–Crippen MR) is 54.0 cm³/mol. The molecule has 0 spiro atoms. The number of nitrogens with one attached hydrogen (secondary N) is 2. The Kier molecular flexibility index (Phi) is 2.75. The minimum Gasteiger partial charge on any atom is -0.356 e. The summed E-state index contributed by atoms with van der Waals surface area (Å²) in [6.07, 6.45) is 2.45. The zero-order chi connectivity index (χ0) is 9.10. The molecular weight excluding hydrogens is 184 g/mol. The molecule has 0 saturated carbocycles. The van der Waals surface area contributed by atoms with Crippen molar-refractivity contribution in [1.82, 2.24) is 15.5 Å². The molecule has 4 nitrogen and oxygen atoms in total. The highest BCUT2D eigenvalue weighted by Crippen LogP contribution is 2.16. The Morgan fingerprint density at radius 3 is 3.31 bits per heavy atom. The number of anilines is 1. The van der Waals surface area contributed by atoms with E-state index in [4.69, 9.17) is 0 Å². The average molecular weight is 198 g/mol. The molecule has 1 aliphatic rings. The van der Waals surface area contributed by atoms with E-state index in [-0.39, 0.29) is 0 Å². The van der Waals surface area contributed by atoms with E-state index in [1.54, 1.807) is 16.8 Å². The third-order valence-electron chi connectivity index (χ3n) is 2.43. The van der Waals surface area contributed by atoms with Crippen molar-refractivity contribution in [3.05, 3.63) is 5.51 Å². The van der Waals surface area contributed by atoms with E-state index in [1.165, 1.54) is 12.8 Å². The minimum absolute atomic E-state index is 0.502. The number of nitrogens with zero attached hydrogens (tertiary/aromatic N) is 2. The lowest BCUT2D eigenvalue weighted by molar-refractivity contribution is 0.389. The van der Waals surface area contributed by atoms with Crippen LogP contribution in [0.4, 0.5) is 5.13 Å². The lowest BCUT2D eigenvalue weighted by Crippen LogP contribution is -2.46. The second kappa shape index (κ2) is 4.02. The maximum atomic E-state index is 3.97. The molecular formula is C8H14N4S. The zero-order valence-corrected chi connectivity index (χ0v) is 8.47. The quantitative estimate of drug-likeness (QED) is 0.747. The van der Waals surface area contributed by atoms with E-state index < -0.39 is 0 Å². The molecule has 1 fully saturated rings. The fraction of sp³-hybridized carbons (Fsp3) is 0.750. The molecule has 0 radical (unpaired) electrons. The molecule has 1 aromatic rings. The Hall–Kier alpha value is -0.680. The normalized spacial score (nSPS) is 28.7. The highest BCUT2D eigenvalue weighted by Gasteiger charge is 2.20. The Balaban J connectivity index is 1.93. The fourth-order valence-corrected chi connectivity index (χ4v) is 2.14. The van der Waals surface area contributed by atoms with Gasteiger partial charge in [0, 0.05) is 12.1 Å². The van der Waals surface area contributed by atoms with Crippen LogP contribution in [0.3, 0.4) is 0 Å². The highest BCUT2D eigenvalue weighted by atomic mass is 32.1. The number of rotatable bonds is 2. The van der Waals surface area contributed by atoms with Crippen molar-refractivity contribution in [3.8, 4) is 0 Å². The molecule has 2 heterocycles. The standard InChI is InChI=1S/C8H14N4S/c1-6-7(3-2-4-9-6)11-8-12-10-5-13-8/h5-7,9H,2-4H2,1H3,(H,11,12)/t6-,7-/m0/s1. The second-order valence-corrected chi connectivity index (χ2v) is 4.21. The SMILES string of the molecule is C[C@@H]1NCCC[C@@H]1Nc1nncs1. The van der Waals surface area contributed by atoms with Crippen LogP contribution in [0.1, 0.15) is 19.8 Å². The van der Waals surface area contributed by atoms with Gasteiger partial charge in [0.25, 0.3) is 0 Å². The molecule has 2 atom stereocenters. The molecule has 0 aliphatic carbocycles. The van der Waals surface area contributed by atoms with Crippen LogP contribution < -0.4 is 10.6 Å². The first-order valence-electron chi connectivity index (χ1n) is 4.62. The molecule has 2 rings (SSSR count). The molecule has 5 heteroatoms. The van der Waals surface area contributed by atoms with Crippen molar-refractivity contribution in [1.29, 1.82) is 0 Å². The smallest absolute Gasteiger partial charge is 0.205 e. The molecule has 2 N–H and O–H groups in total. The van der Waals surface area contributed by atoms with Crippen LogP contribution in [0.25, 0.3) is 0 Å². The van der Waals surface area contributed by atoms with Crippen molar-refractivity contribution >= 4 is 16.5 Å². The summed E-state index contributed by atoms with van der Waals surface area (Å²) in [4.78, 5) is 0. The van der Waals surface area contributed by atoms with Crippen LogP contribution in [0.15, 0.2) is 5.51 Å². The van der Waals surface area contributed by atoms with E-state index in [2.05, 4.69) is 27.8 Å². The predicted octanol–water partition coefficient (Wildman–Crippen LogP) is 1.09. The maximum Gasteiger partial charge on any atom is 0.205 e. The summed E-state index contributed by atoms with van der Waals surface area (Å²) in [5.74, 6) is 0. The van der Waals surface area contributed by atoms with E-state index in [0.29, 0.717) is 12.1 Å². The van der Waals surface area contributed by atoms with Crippen LogP contribution in [-0.2, 0) is 0 Å². The summed E-state index contributed by atoms with van der Waals surface area (Å²) in [6.45, 7) is 3.34. The summed E-state index contributed by atoms with van der Waals surface area (Å²) in [5, 5.41) is 15.5. The first-order chi connectivity index (χ1) is 6.36. The Morgan fingerprint density at radius 2 is 2.62 bits per heavy atom. The van der Waals surface area contributed by atoms with E-state index >= 15 is 0 Å². The van der Waals surface area contributed by atoms with Gasteiger partial charge in [0.2, 0.25) is 5.13 Å². The van der Waals surface area contributed by atoms with Gasteiger partial charge in [-0.1, -0.05) is 11.3 Å². The van der Waals surface area contributed by atoms with E-state index in [9.17, 15) is 0 Å². The Bertz CT molecular complexity index is 249. The average Bonchev–Trinajstić information content (AvgIpc) is 2.61. The van der Waals surface area contributed by atoms with Crippen LogP contribution in [0, 0.1) is 0 Å². The first kappa shape index (κ1) is 8.90. The summed E-state index contributed by atoms with van der Waals surface area (Å²) < 4.78 is 0. The van der Waals surface area contributed by atoms with Crippen LogP contribution >= 0.6 is 11.3 Å². The zero-order valence-electron chi connectivity index (χ0n) is 7.66. The first-order valence-corrected chi connectivity index (χ1v) is 5.50. The molecule has 1 aliphatic heterocycles. The van der Waals surface area contributed by atoms with Crippen LogP contribution in [-0.4, -0.2) is 28.8 Å². The second-order valence-electron chi connectivity index (χ2n) is 3.38. The lowest BCUT2D eigenvalue weighted by atomic mass is 10.0. The fourth-order valence-electron chi connectivity index (χ4n) is 1.64. The summed E-state index contributed by atoms with van der Waals surface area (Å²) in [7, 11) is 0. The van der Waals surface area contributed by atoms with Gasteiger partial charge in [-0.15, -0.1) is 10.2 Å². The van der Waals surface area contributed by atoms with Gasteiger partial charge in [0.15, 0.2) is 0 Å². The Morgan fingerprint density at radius 1 is 1.69 bits per heavy atom. The topological polar surface area (TPSA) is 49.8 Å². The van der Waals surface area contributed by atoms with Gasteiger partial charge in [-0.2, -0.15) is 0 Å². The van der Waals surface area contributed by atoms with E-state index in [0.717, 1.165) is 11.7 Å². The monoisotopic (exact) mass is 198 g/mol. The van der Waals surface area contributed by atoms with Crippen molar-refractivity contribution in [3.63, 3.8) is 0 Å². The van der Waals surface area contributed by atoms with Gasteiger partial charge in [0.1, 0.15) is 5.51 Å². The Labute approximate surface area is 81.8 Å². The maximum absolute atomic E-state index is 3.97. The van der Waals surface area contributed by atoms with Crippen molar-refractivity contribution < 1.29 is 0 Å². The van der Waals surface area contributed by atoms with Gasteiger partial charge < -0.3 is 10.6 Å². The van der Waals surface area contributed by atoms with Gasteiger partial charge >= 0.3 is 0 Å². The molecule has 0 aromatic carbocycles. The molecule has 0 unspecified atom stereocenters. The van der Waals surface area contributed by atoms with E-state index in [1.807, 2.05) is 0 Å².